The molecule has 0 aliphatic rings. The van der Waals surface area contributed by atoms with Crippen molar-refractivity contribution in [3.8, 4) is 0 Å². The summed E-state index contributed by atoms with van der Waals surface area (Å²) in [7, 11) is 1.92. The molecule has 2 rings (SSSR count). The maximum absolute atomic E-state index is 5.79. The van der Waals surface area contributed by atoms with Gasteiger partial charge >= 0.3 is 0 Å². The van der Waals surface area contributed by atoms with Crippen molar-refractivity contribution in [2.24, 2.45) is 12.8 Å². The summed E-state index contributed by atoms with van der Waals surface area (Å²) in [5, 5.41) is 4.32. The van der Waals surface area contributed by atoms with Crippen molar-refractivity contribution in [1.82, 2.24) is 14.3 Å². The Labute approximate surface area is 89.3 Å². The van der Waals surface area contributed by atoms with Gasteiger partial charge in [-0.2, -0.15) is 5.10 Å². The highest BCUT2D eigenvalue weighted by atomic mass is 15.3. The van der Waals surface area contributed by atoms with Crippen LogP contribution in [0, 0.1) is 0 Å². The molecule has 4 heteroatoms. The van der Waals surface area contributed by atoms with Gasteiger partial charge in [0, 0.05) is 31.7 Å². The minimum absolute atomic E-state index is 0.0926. The van der Waals surface area contributed by atoms with Gasteiger partial charge < -0.3 is 10.3 Å². The minimum Gasteiger partial charge on any atom is -0.348 e. The third-order valence-electron chi connectivity index (χ3n) is 2.41. The molecule has 15 heavy (non-hydrogen) atoms. The normalized spacial score (nSPS) is 13.0. The number of hydrogen-bond donors (Lipinski definition) is 1. The monoisotopic (exact) mass is 204 g/mol. The van der Waals surface area contributed by atoms with Gasteiger partial charge in [0.05, 0.1) is 12.2 Å². The Bertz CT molecular complexity index is 439. The molecule has 0 aromatic carbocycles. The van der Waals surface area contributed by atoms with E-state index >= 15 is 0 Å². The lowest BCUT2D eigenvalue weighted by atomic mass is 10.2. The van der Waals surface area contributed by atoms with Gasteiger partial charge in [-0.3, -0.25) is 4.68 Å². The Balaban J connectivity index is 2.11. The molecule has 0 spiro atoms. The van der Waals surface area contributed by atoms with Crippen molar-refractivity contribution in [3.63, 3.8) is 0 Å². The second-order valence-corrected chi connectivity index (χ2v) is 3.89. The Morgan fingerprint density at radius 2 is 2.20 bits per heavy atom. The first kappa shape index (κ1) is 9.98. The van der Waals surface area contributed by atoms with Gasteiger partial charge in [-0.05, 0) is 24.6 Å². The zero-order valence-electron chi connectivity index (χ0n) is 9.09. The number of aryl methyl sites for hydroxylation is 1. The molecular weight excluding hydrogens is 188 g/mol. The summed E-state index contributed by atoms with van der Waals surface area (Å²) in [5.74, 6) is 0. The summed E-state index contributed by atoms with van der Waals surface area (Å²) in [6, 6.07) is 4.16. The van der Waals surface area contributed by atoms with Crippen LogP contribution in [0.3, 0.4) is 0 Å². The number of nitrogens with two attached hydrogens (primary N) is 1. The molecule has 0 radical (unpaired) electrons. The first-order valence-corrected chi connectivity index (χ1v) is 5.05. The topological polar surface area (TPSA) is 48.8 Å². The fraction of sp³-hybridized carbons (Fsp3) is 0.364. The molecule has 0 bridgehead atoms. The Hall–Kier alpha value is -1.55. The van der Waals surface area contributed by atoms with E-state index in [9.17, 15) is 0 Å². The zero-order chi connectivity index (χ0) is 10.8. The van der Waals surface area contributed by atoms with E-state index in [1.54, 1.807) is 0 Å². The van der Waals surface area contributed by atoms with Gasteiger partial charge in [0.2, 0.25) is 0 Å². The molecule has 4 nitrogen and oxygen atoms in total. The fourth-order valence-electron chi connectivity index (χ4n) is 1.56. The molecule has 0 amide bonds. The fourth-order valence-corrected chi connectivity index (χ4v) is 1.56. The van der Waals surface area contributed by atoms with Crippen LogP contribution in [0.4, 0.5) is 0 Å². The average molecular weight is 204 g/mol. The third-order valence-corrected chi connectivity index (χ3v) is 2.41. The number of nitrogens with zero attached hydrogens (tertiary/aromatic N) is 3. The van der Waals surface area contributed by atoms with Crippen LogP contribution >= 0.6 is 0 Å². The molecule has 0 saturated heterocycles. The Morgan fingerprint density at radius 3 is 2.73 bits per heavy atom. The third kappa shape index (κ3) is 2.27. The number of hydrogen-bond acceptors (Lipinski definition) is 2. The van der Waals surface area contributed by atoms with E-state index in [4.69, 9.17) is 5.73 Å². The maximum Gasteiger partial charge on any atom is 0.0821 e. The summed E-state index contributed by atoms with van der Waals surface area (Å²) in [4.78, 5) is 0. The predicted octanol–water partition coefficient (Wildman–Crippen LogP) is 1.29. The van der Waals surface area contributed by atoms with Crippen molar-refractivity contribution in [2.45, 2.75) is 19.5 Å². The van der Waals surface area contributed by atoms with E-state index in [-0.39, 0.29) is 6.04 Å². The lowest BCUT2D eigenvalue weighted by Crippen LogP contribution is -2.04. The van der Waals surface area contributed by atoms with Crippen molar-refractivity contribution in [1.29, 1.82) is 0 Å². The highest BCUT2D eigenvalue weighted by molar-refractivity contribution is 5.15. The molecule has 80 valence electrons. The largest absolute Gasteiger partial charge is 0.348 e. The van der Waals surface area contributed by atoms with Crippen molar-refractivity contribution in [2.75, 3.05) is 0 Å². The van der Waals surface area contributed by atoms with Crippen molar-refractivity contribution >= 4 is 0 Å². The minimum atomic E-state index is 0.0926. The second-order valence-electron chi connectivity index (χ2n) is 3.89. The summed E-state index contributed by atoms with van der Waals surface area (Å²) in [6.07, 6.45) is 6.05. The van der Waals surface area contributed by atoms with Crippen LogP contribution in [0.25, 0.3) is 0 Å². The average Bonchev–Trinajstić information content (AvgIpc) is 2.76. The Kier molecular flexibility index (Phi) is 2.60. The summed E-state index contributed by atoms with van der Waals surface area (Å²) < 4.78 is 3.91. The van der Waals surface area contributed by atoms with Crippen LogP contribution in [-0.4, -0.2) is 14.3 Å². The Morgan fingerprint density at radius 1 is 1.40 bits per heavy atom. The molecule has 2 N–H and O–H groups in total. The molecule has 0 aliphatic carbocycles. The summed E-state index contributed by atoms with van der Waals surface area (Å²) in [5.41, 5.74) is 8.01. The van der Waals surface area contributed by atoms with E-state index in [0.29, 0.717) is 0 Å². The first-order valence-electron chi connectivity index (χ1n) is 5.05. The molecule has 2 heterocycles. The molecule has 2 aromatic heterocycles. The molecule has 0 saturated carbocycles. The van der Waals surface area contributed by atoms with Gasteiger partial charge in [-0.25, -0.2) is 0 Å². The second kappa shape index (κ2) is 3.90. The van der Waals surface area contributed by atoms with Crippen LogP contribution in [0.1, 0.15) is 24.2 Å². The van der Waals surface area contributed by atoms with Gasteiger partial charge in [0.15, 0.2) is 0 Å². The zero-order valence-corrected chi connectivity index (χ0v) is 9.09. The van der Waals surface area contributed by atoms with Crippen molar-refractivity contribution < 1.29 is 0 Å². The van der Waals surface area contributed by atoms with E-state index < -0.39 is 0 Å². The smallest absolute Gasteiger partial charge is 0.0821 e. The predicted molar refractivity (Wildman–Crippen MR) is 59.3 cm³/mol. The first-order chi connectivity index (χ1) is 7.15. The highest BCUT2D eigenvalue weighted by Gasteiger charge is 2.03. The number of aromatic nitrogens is 3. The van der Waals surface area contributed by atoms with E-state index in [1.165, 1.54) is 0 Å². The van der Waals surface area contributed by atoms with Crippen LogP contribution in [-0.2, 0) is 13.6 Å². The van der Waals surface area contributed by atoms with Gasteiger partial charge in [-0.1, -0.05) is 0 Å². The van der Waals surface area contributed by atoms with Crippen LogP contribution in [0.15, 0.2) is 30.7 Å². The standard InChI is InChI=1S/C11H16N4/c1-9(12)10-3-6-15(7-10)8-11-4-5-14(2)13-11/h3-7,9H,8,12H2,1-2H3. The maximum atomic E-state index is 5.79. The van der Waals surface area contributed by atoms with E-state index in [1.807, 2.05) is 43.2 Å². The van der Waals surface area contributed by atoms with Crippen LogP contribution < -0.4 is 5.73 Å². The SMILES string of the molecule is CC(N)c1ccn(Cc2ccn(C)n2)c1. The molecule has 1 unspecified atom stereocenters. The van der Waals surface area contributed by atoms with E-state index in [0.717, 1.165) is 17.8 Å². The highest BCUT2D eigenvalue weighted by Crippen LogP contribution is 2.10. The number of rotatable bonds is 3. The lowest BCUT2D eigenvalue weighted by molar-refractivity contribution is 0.705. The molecule has 0 fully saturated rings. The van der Waals surface area contributed by atoms with Crippen LogP contribution in [0.5, 0.6) is 0 Å². The molecule has 1 atom stereocenters. The van der Waals surface area contributed by atoms with Crippen molar-refractivity contribution in [3.05, 3.63) is 42.0 Å². The summed E-state index contributed by atoms with van der Waals surface area (Å²) >= 11 is 0. The van der Waals surface area contributed by atoms with Gasteiger partial charge in [0.1, 0.15) is 0 Å². The summed E-state index contributed by atoms with van der Waals surface area (Å²) in [6.45, 7) is 2.79. The van der Waals surface area contributed by atoms with Gasteiger partial charge in [0.25, 0.3) is 0 Å². The molecule has 2 aromatic rings. The van der Waals surface area contributed by atoms with Gasteiger partial charge in [-0.15, -0.1) is 0 Å². The lowest BCUT2D eigenvalue weighted by Gasteiger charge is -2.01. The molecule has 0 aliphatic heterocycles. The molecular formula is C11H16N4. The van der Waals surface area contributed by atoms with E-state index in [2.05, 4.69) is 15.9 Å². The van der Waals surface area contributed by atoms with Crippen LogP contribution in [0.2, 0.25) is 0 Å². The quantitative estimate of drug-likeness (QED) is 0.819.